The SMILES string of the molecule is CCCCCCC(=O)N(CC(=O)N(Cc1cccn1C)C1CC1)[C@@H](C)CC. The maximum Gasteiger partial charge on any atom is 0.242 e. The summed E-state index contributed by atoms with van der Waals surface area (Å²) in [5.41, 5.74) is 1.14. The normalized spacial score (nSPS) is 14.8. The third-order valence-electron chi connectivity index (χ3n) is 5.68. The van der Waals surface area contributed by atoms with Crippen molar-refractivity contribution in [3.8, 4) is 0 Å². The Morgan fingerprint density at radius 1 is 1.19 bits per heavy atom. The van der Waals surface area contributed by atoms with Crippen molar-refractivity contribution in [1.29, 1.82) is 0 Å². The van der Waals surface area contributed by atoms with E-state index >= 15 is 0 Å². The molecule has 1 heterocycles. The van der Waals surface area contributed by atoms with Crippen LogP contribution in [0.5, 0.6) is 0 Å². The van der Waals surface area contributed by atoms with Gasteiger partial charge in [0.15, 0.2) is 0 Å². The molecule has 0 aliphatic heterocycles. The second-order valence-corrected chi connectivity index (χ2v) is 7.95. The van der Waals surface area contributed by atoms with Gasteiger partial charge in [-0.3, -0.25) is 9.59 Å². The molecule has 2 amide bonds. The van der Waals surface area contributed by atoms with Crippen molar-refractivity contribution < 1.29 is 9.59 Å². The molecule has 1 aliphatic carbocycles. The quantitative estimate of drug-likeness (QED) is 0.516. The fraction of sp³-hybridized carbons (Fsp3) is 0.727. The summed E-state index contributed by atoms with van der Waals surface area (Å²) in [4.78, 5) is 29.7. The standard InChI is InChI=1S/C22H37N3O2/c1-5-7-8-9-12-21(26)24(18(3)6-2)17-22(27)25(19-13-14-19)16-20-11-10-15-23(20)4/h10-11,15,18-19H,5-9,12-14,16-17H2,1-4H3/t18-/m0/s1. The molecule has 5 nitrogen and oxygen atoms in total. The molecule has 1 aromatic rings. The molecule has 5 heteroatoms. The molecule has 0 radical (unpaired) electrons. The molecule has 2 rings (SSSR count). The van der Waals surface area contributed by atoms with E-state index in [4.69, 9.17) is 0 Å². The molecular formula is C22H37N3O2. The Morgan fingerprint density at radius 2 is 1.93 bits per heavy atom. The summed E-state index contributed by atoms with van der Waals surface area (Å²) < 4.78 is 2.06. The van der Waals surface area contributed by atoms with E-state index in [0.29, 0.717) is 19.0 Å². The zero-order valence-corrected chi connectivity index (χ0v) is 17.6. The van der Waals surface area contributed by atoms with Crippen molar-refractivity contribution >= 4 is 11.8 Å². The van der Waals surface area contributed by atoms with E-state index in [0.717, 1.165) is 44.2 Å². The van der Waals surface area contributed by atoms with Crippen LogP contribution in [0.4, 0.5) is 0 Å². The van der Waals surface area contributed by atoms with E-state index < -0.39 is 0 Å². The van der Waals surface area contributed by atoms with E-state index in [-0.39, 0.29) is 24.4 Å². The molecule has 1 fully saturated rings. The first-order chi connectivity index (χ1) is 13.0. The topological polar surface area (TPSA) is 45.6 Å². The highest BCUT2D eigenvalue weighted by atomic mass is 16.2. The van der Waals surface area contributed by atoms with Gasteiger partial charge in [0.25, 0.3) is 0 Å². The van der Waals surface area contributed by atoms with Crippen molar-refractivity contribution in [2.45, 2.75) is 90.8 Å². The smallest absolute Gasteiger partial charge is 0.242 e. The number of carbonyl (C=O) groups excluding carboxylic acids is 2. The van der Waals surface area contributed by atoms with Gasteiger partial charge in [-0.05, 0) is 44.7 Å². The maximum atomic E-state index is 13.1. The van der Waals surface area contributed by atoms with Gasteiger partial charge in [-0.2, -0.15) is 0 Å². The Labute approximate surface area is 164 Å². The van der Waals surface area contributed by atoms with Crippen LogP contribution in [0.25, 0.3) is 0 Å². The summed E-state index contributed by atoms with van der Waals surface area (Å²) in [5, 5.41) is 0. The van der Waals surface area contributed by atoms with Gasteiger partial charge in [-0.25, -0.2) is 0 Å². The number of amides is 2. The minimum absolute atomic E-state index is 0.0842. The van der Waals surface area contributed by atoms with Gasteiger partial charge in [-0.1, -0.05) is 33.1 Å². The molecule has 1 aliphatic rings. The Morgan fingerprint density at radius 3 is 2.48 bits per heavy atom. The van der Waals surface area contributed by atoms with Gasteiger partial charge in [0.2, 0.25) is 11.8 Å². The molecule has 0 N–H and O–H groups in total. The van der Waals surface area contributed by atoms with Crippen LogP contribution in [0.3, 0.4) is 0 Å². The van der Waals surface area contributed by atoms with Gasteiger partial charge >= 0.3 is 0 Å². The highest BCUT2D eigenvalue weighted by Gasteiger charge is 2.34. The summed E-state index contributed by atoms with van der Waals surface area (Å²) in [6.45, 7) is 7.14. The van der Waals surface area contributed by atoms with Crippen LogP contribution in [0.1, 0.15) is 77.8 Å². The van der Waals surface area contributed by atoms with Crippen LogP contribution < -0.4 is 0 Å². The Balaban J connectivity index is 1.99. The molecule has 1 aromatic heterocycles. The Hall–Kier alpha value is -1.78. The van der Waals surface area contributed by atoms with Crippen molar-refractivity contribution in [2.75, 3.05) is 6.54 Å². The zero-order valence-electron chi connectivity index (χ0n) is 17.6. The third-order valence-corrected chi connectivity index (χ3v) is 5.68. The molecule has 1 saturated carbocycles. The number of hydrogen-bond donors (Lipinski definition) is 0. The van der Waals surface area contributed by atoms with Crippen LogP contribution in [0, 0.1) is 0 Å². The molecule has 152 valence electrons. The predicted molar refractivity (Wildman–Crippen MR) is 109 cm³/mol. The van der Waals surface area contributed by atoms with Crippen molar-refractivity contribution in [3.05, 3.63) is 24.0 Å². The lowest BCUT2D eigenvalue weighted by Gasteiger charge is -2.31. The lowest BCUT2D eigenvalue weighted by atomic mass is 10.1. The summed E-state index contributed by atoms with van der Waals surface area (Å²) in [5.74, 6) is 0.212. The lowest BCUT2D eigenvalue weighted by Crippen LogP contribution is -2.47. The van der Waals surface area contributed by atoms with Crippen LogP contribution in [0.15, 0.2) is 18.3 Å². The number of unbranched alkanes of at least 4 members (excludes halogenated alkanes) is 3. The second-order valence-electron chi connectivity index (χ2n) is 7.95. The van der Waals surface area contributed by atoms with Crippen LogP contribution >= 0.6 is 0 Å². The van der Waals surface area contributed by atoms with Crippen molar-refractivity contribution in [3.63, 3.8) is 0 Å². The number of aromatic nitrogens is 1. The first-order valence-corrected chi connectivity index (χ1v) is 10.7. The van der Waals surface area contributed by atoms with Gasteiger partial charge in [0, 0.05) is 37.4 Å². The summed E-state index contributed by atoms with van der Waals surface area (Å²) in [6, 6.07) is 4.51. The number of nitrogens with zero attached hydrogens (tertiary/aromatic N) is 3. The third kappa shape index (κ3) is 6.40. The van der Waals surface area contributed by atoms with Gasteiger partial charge < -0.3 is 14.4 Å². The first-order valence-electron chi connectivity index (χ1n) is 10.7. The average molecular weight is 376 g/mol. The largest absolute Gasteiger partial charge is 0.353 e. The minimum Gasteiger partial charge on any atom is -0.353 e. The van der Waals surface area contributed by atoms with Crippen LogP contribution in [-0.4, -0.2) is 44.8 Å². The van der Waals surface area contributed by atoms with Crippen LogP contribution in [0.2, 0.25) is 0 Å². The molecule has 0 spiro atoms. The number of aryl methyl sites for hydroxylation is 1. The molecule has 0 bridgehead atoms. The average Bonchev–Trinajstić information content (AvgIpc) is 3.42. The highest BCUT2D eigenvalue weighted by molar-refractivity contribution is 5.85. The number of carbonyl (C=O) groups is 2. The molecule has 0 saturated heterocycles. The summed E-state index contributed by atoms with van der Waals surface area (Å²) >= 11 is 0. The van der Waals surface area contributed by atoms with E-state index in [2.05, 4.69) is 31.4 Å². The predicted octanol–water partition coefficient (Wildman–Crippen LogP) is 4.11. The van der Waals surface area contributed by atoms with Crippen LogP contribution in [-0.2, 0) is 23.2 Å². The van der Waals surface area contributed by atoms with Crippen molar-refractivity contribution in [2.24, 2.45) is 7.05 Å². The second kappa shape index (κ2) is 10.5. The number of rotatable bonds is 12. The first kappa shape index (κ1) is 21.5. The molecule has 27 heavy (non-hydrogen) atoms. The van der Waals surface area contributed by atoms with Gasteiger partial charge in [-0.15, -0.1) is 0 Å². The van der Waals surface area contributed by atoms with E-state index in [1.54, 1.807) is 0 Å². The fourth-order valence-electron chi connectivity index (χ4n) is 3.44. The van der Waals surface area contributed by atoms with E-state index in [9.17, 15) is 9.59 Å². The maximum absolute atomic E-state index is 13.1. The highest BCUT2D eigenvalue weighted by Crippen LogP contribution is 2.29. The van der Waals surface area contributed by atoms with E-state index in [1.165, 1.54) is 6.42 Å². The summed E-state index contributed by atoms with van der Waals surface area (Å²) in [6.07, 6.45) is 9.92. The monoisotopic (exact) mass is 375 g/mol. The van der Waals surface area contributed by atoms with E-state index in [1.807, 2.05) is 29.1 Å². The molecular weight excluding hydrogens is 338 g/mol. The lowest BCUT2D eigenvalue weighted by molar-refractivity contribution is -0.143. The fourth-order valence-corrected chi connectivity index (χ4v) is 3.44. The Bertz CT molecular complexity index is 606. The number of hydrogen-bond acceptors (Lipinski definition) is 2. The van der Waals surface area contributed by atoms with Gasteiger partial charge in [0.05, 0.1) is 6.54 Å². The minimum atomic E-state index is 0.0842. The summed E-state index contributed by atoms with van der Waals surface area (Å²) in [7, 11) is 2.01. The molecule has 0 unspecified atom stereocenters. The Kier molecular flexibility index (Phi) is 8.39. The van der Waals surface area contributed by atoms with Gasteiger partial charge in [0.1, 0.15) is 6.54 Å². The van der Waals surface area contributed by atoms with Crippen molar-refractivity contribution in [1.82, 2.24) is 14.4 Å². The molecule has 0 aromatic carbocycles. The zero-order chi connectivity index (χ0) is 19.8. The molecule has 1 atom stereocenters.